The van der Waals surface area contributed by atoms with Gasteiger partial charge in [0.15, 0.2) is 18.9 Å². The SMILES string of the molecule is CCC1O[C@@H](OC2[C@H](O[C@H]3CCC4(C)C5CC=C6C7CC(C)(C)CC[C@]7(C(=O)O)C(C)C[C@@]6(C)[C@]5(C)CC[C@H]4C3(C)C=O)OC(Cc3ccccc3)[C@@H](C)[C@@H]2O[C@@H]2OC[C@@H](C)[C@H](C)C2C)C(C)[C@@H](C)[C@H]1C. The molecule has 0 amide bonds. The fourth-order valence-corrected chi connectivity index (χ4v) is 17.9. The number of hydrogen-bond donors (Lipinski definition) is 1. The van der Waals surface area contributed by atoms with Crippen molar-refractivity contribution in [2.45, 2.75) is 224 Å². The van der Waals surface area contributed by atoms with Gasteiger partial charge in [-0.2, -0.15) is 0 Å². The zero-order chi connectivity index (χ0) is 51.4. The minimum absolute atomic E-state index is 0.0402. The normalized spacial score (nSPS) is 51.6. The topological polar surface area (TPSA) is 110 Å². The Bertz CT molecular complexity index is 2100. The fraction of sp³-hybridized carbons (Fsp3) is 0.839. The van der Waals surface area contributed by atoms with Crippen molar-refractivity contribution in [2.24, 2.45) is 97.6 Å². The molecule has 0 aromatic heterocycles. The molecule has 10 unspecified atom stereocenters. The van der Waals surface area contributed by atoms with E-state index in [1.165, 1.54) is 17.4 Å². The first kappa shape index (κ1) is 53.7. The summed E-state index contributed by atoms with van der Waals surface area (Å²) in [6.45, 7) is 35.5. The summed E-state index contributed by atoms with van der Waals surface area (Å²) >= 11 is 0. The molecule has 4 saturated carbocycles. The quantitative estimate of drug-likeness (QED) is 0.132. The average molecular weight is 985 g/mol. The largest absolute Gasteiger partial charge is 0.481 e. The zero-order valence-electron chi connectivity index (χ0n) is 46.7. The lowest BCUT2D eigenvalue weighted by atomic mass is 9.32. The number of carbonyl (C=O) groups is 2. The summed E-state index contributed by atoms with van der Waals surface area (Å²) in [5.74, 6) is 1.74. The van der Waals surface area contributed by atoms with E-state index in [0.717, 1.165) is 64.2 Å². The van der Waals surface area contributed by atoms with Gasteiger partial charge in [0.2, 0.25) is 0 Å². The fourth-order valence-electron chi connectivity index (χ4n) is 17.9. The predicted molar refractivity (Wildman–Crippen MR) is 278 cm³/mol. The van der Waals surface area contributed by atoms with Crippen LogP contribution in [0.25, 0.3) is 0 Å². The highest BCUT2D eigenvalue weighted by molar-refractivity contribution is 5.77. The van der Waals surface area contributed by atoms with E-state index in [9.17, 15) is 14.7 Å². The van der Waals surface area contributed by atoms with Crippen LogP contribution in [0.1, 0.15) is 174 Å². The number of allylic oxidation sites excluding steroid dienone is 2. The summed E-state index contributed by atoms with van der Waals surface area (Å²) in [5.41, 5.74) is 0.881. The molecule has 3 saturated heterocycles. The van der Waals surface area contributed by atoms with E-state index in [1.807, 2.05) is 0 Å². The lowest BCUT2D eigenvalue weighted by Crippen LogP contribution is -2.67. The second-order valence-corrected chi connectivity index (χ2v) is 27.5. The number of ether oxygens (including phenoxy) is 6. The van der Waals surface area contributed by atoms with E-state index in [2.05, 4.69) is 140 Å². The third-order valence-electron chi connectivity index (χ3n) is 23.6. The van der Waals surface area contributed by atoms with E-state index >= 15 is 0 Å². The number of rotatable bonds is 11. The van der Waals surface area contributed by atoms with Crippen molar-refractivity contribution in [1.29, 1.82) is 0 Å². The second-order valence-electron chi connectivity index (χ2n) is 27.5. The van der Waals surface area contributed by atoms with Gasteiger partial charge < -0.3 is 38.3 Å². The first-order valence-electron chi connectivity index (χ1n) is 28.7. The molecule has 8 aliphatic rings. The smallest absolute Gasteiger partial charge is 0.310 e. The Labute approximate surface area is 429 Å². The first-order chi connectivity index (χ1) is 33.4. The standard InChI is InChI=1S/C62H96O9/c1-16-46-39(6)38(5)41(8)54(67-46)71-52-51(70-53-40(7)37(4)35(2)33-66-53)42(9)47(30-43-20-18-17-19-21-43)68-55(52)69-50-25-26-58(12)48(59(50,13)34-63)24-27-60(14)49(58)23-22-44-45-32-57(10,11)28-29-62(45,56(64)65)36(3)31-61(44,60)15/h17-22,34-42,45-55H,16,23-33H2,1-15H3,(H,64,65)/t35-,36?,37+,38+,39-,40?,41?,42-,45?,46?,47?,48-,49?,50+,51+,52?,53+,54+,55+,58?,59?,60-,61-,62+/m1/s1. The summed E-state index contributed by atoms with van der Waals surface area (Å²) in [5, 5.41) is 11.1. The molecule has 3 aliphatic heterocycles. The van der Waals surface area contributed by atoms with Gasteiger partial charge in [-0.05, 0) is 145 Å². The van der Waals surface area contributed by atoms with Gasteiger partial charge in [0, 0.05) is 17.8 Å². The summed E-state index contributed by atoms with van der Waals surface area (Å²) in [4.78, 5) is 27.8. The van der Waals surface area contributed by atoms with Crippen LogP contribution in [0, 0.1) is 97.6 Å². The average Bonchev–Trinajstić information content (AvgIpc) is 3.32. The van der Waals surface area contributed by atoms with Crippen LogP contribution in [-0.4, -0.2) is 73.4 Å². The van der Waals surface area contributed by atoms with Gasteiger partial charge in [-0.3, -0.25) is 4.79 Å². The van der Waals surface area contributed by atoms with Crippen molar-refractivity contribution < 1.29 is 43.1 Å². The number of aliphatic carboxylic acids is 1. The molecule has 71 heavy (non-hydrogen) atoms. The van der Waals surface area contributed by atoms with Gasteiger partial charge in [-0.25, -0.2) is 0 Å². The van der Waals surface area contributed by atoms with E-state index in [1.54, 1.807) is 0 Å². The number of carbonyl (C=O) groups excluding carboxylic acids is 1. The molecule has 0 radical (unpaired) electrons. The molecule has 0 spiro atoms. The molecule has 9 heteroatoms. The number of hydrogen-bond acceptors (Lipinski definition) is 8. The number of benzene rings is 1. The lowest BCUT2D eigenvalue weighted by molar-refractivity contribution is -0.377. The van der Waals surface area contributed by atoms with Crippen LogP contribution >= 0.6 is 0 Å². The summed E-state index contributed by atoms with van der Waals surface area (Å²) in [6, 6.07) is 10.6. The van der Waals surface area contributed by atoms with Gasteiger partial charge >= 0.3 is 5.97 Å². The van der Waals surface area contributed by atoms with E-state index < -0.39 is 54.0 Å². The molecule has 9 rings (SSSR count). The van der Waals surface area contributed by atoms with Gasteiger partial charge in [0.05, 0.1) is 41.9 Å². The van der Waals surface area contributed by atoms with Gasteiger partial charge in [0.1, 0.15) is 12.4 Å². The molecule has 1 aromatic rings. The molecule has 7 fully saturated rings. The summed E-state index contributed by atoms with van der Waals surface area (Å²) < 4.78 is 43.2. The third-order valence-corrected chi connectivity index (χ3v) is 23.6. The minimum atomic E-state index is -0.828. The van der Waals surface area contributed by atoms with Crippen molar-refractivity contribution in [2.75, 3.05) is 6.61 Å². The molecule has 398 valence electrons. The Balaban J connectivity index is 1.06. The Kier molecular flexibility index (Phi) is 14.7. The molecular formula is C62H96O9. The monoisotopic (exact) mass is 985 g/mol. The van der Waals surface area contributed by atoms with Crippen molar-refractivity contribution in [3.05, 3.63) is 47.5 Å². The second kappa shape index (κ2) is 19.5. The van der Waals surface area contributed by atoms with Crippen molar-refractivity contribution in [3.8, 4) is 0 Å². The van der Waals surface area contributed by atoms with Crippen LogP contribution in [0.4, 0.5) is 0 Å². The van der Waals surface area contributed by atoms with Crippen LogP contribution in [0.3, 0.4) is 0 Å². The summed E-state index contributed by atoms with van der Waals surface area (Å²) in [7, 11) is 0. The predicted octanol–water partition coefficient (Wildman–Crippen LogP) is 13.4. The Morgan fingerprint density at radius 3 is 2.07 bits per heavy atom. The van der Waals surface area contributed by atoms with Crippen molar-refractivity contribution in [1.82, 2.24) is 0 Å². The van der Waals surface area contributed by atoms with Gasteiger partial charge in [0.25, 0.3) is 0 Å². The Morgan fingerprint density at radius 1 is 0.718 bits per heavy atom. The third kappa shape index (κ3) is 8.61. The summed E-state index contributed by atoms with van der Waals surface area (Å²) in [6.07, 6.45) is 9.93. The van der Waals surface area contributed by atoms with Crippen molar-refractivity contribution >= 4 is 12.3 Å². The molecule has 3 heterocycles. The van der Waals surface area contributed by atoms with E-state index in [4.69, 9.17) is 28.4 Å². The Hall–Kier alpha value is -2.14. The van der Waals surface area contributed by atoms with E-state index in [-0.39, 0.29) is 69.4 Å². The highest BCUT2D eigenvalue weighted by atomic mass is 16.8. The zero-order valence-corrected chi connectivity index (χ0v) is 46.7. The van der Waals surface area contributed by atoms with Crippen molar-refractivity contribution in [3.63, 3.8) is 0 Å². The van der Waals surface area contributed by atoms with Gasteiger partial charge in [-0.15, -0.1) is 0 Å². The highest BCUT2D eigenvalue weighted by Crippen LogP contribution is 2.76. The van der Waals surface area contributed by atoms with Crippen LogP contribution in [0.15, 0.2) is 42.0 Å². The molecule has 24 atom stereocenters. The first-order valence-corrected chi connectivity index (χ1v) is 28.7. The number of fused-ring (bicyclic) bond motifs is 7. The molecule has 0 bridgehead atoms. The molecular weight excluding hydrogens is 889 g/mol. The van der Waals surface area contributed by atoms with E-state index in [0.29, 0.717) is 42.6 Å². The lowest BCUT2D eigenvalue weighted by Gasteiger charge is -2.71. The van der Waals surface area contributed by atoms with Crippen LogP contribution in [0.2, 0.25) is 0 Å². The maximum atomic E-state index is 14.3. The maximum absolute atomic E-state index is 14.3. The maximum Gasteiger partial charge on any atom is 0.310 e. The number of aldehydes is 1. The molecule has 9 nitrogen and oxygen atoms in total. The van der Waals surface area contributed by atoms with Crippen LogP contribution < -0.4 is 0 Å². The van der Waals surface area contributed by atoms with Crippen LogP contribution in [0.5, 0.6) is 0 Å². The minimum Gasteiger partial charge on any atom is -0.481 e. The Morgan fingerprint density at radius 2 is 1.39 bits per heavy atom. The highest BCUT2D eigenvalue weighted by Gasteiger charge is 2.71. The number of carboxylic acids is 1. The molecule has 1 N–H and O–H groups in total. The molecule has 5 aliphatic carbocycles. The van der Waals surface area contributed by atoms with Gasteiger partial charge in [-0.1, -0.05) is 146 Å². The molecule has 1 aromatic carbocycles. The van der Waals surface area contributed by atoms with Crippen LogP contribution in [-0.2, 0) is 44.4 Å². The number of carboxylic acid groups (broad SMARTS) is 1.